The molecular weight excluding hydrogens is 182 g/mol. The van der Waals surface area contributed by atoms with Crippen LogP contribution in [0.1, 0.15) is 72.6 Å². The number of hydrogen-bond donors (Lipinski definition) is 1. The highest BCUT2D eigenvalue weighted by Gasteiger charge is 2.01. The van der Waals surface area contributed by atoms with Gasteiger partial charge < -0.3 is 5.32 Å². The van der Waals surface area contributed by atoms with E-state index in [1.807, 2.05) is 0 Å². The fourth-order valence-corrected chi connectivity index (χ4v) is 1.77. The summed E-state index contributed by atoms with van der Waals surface area (Å²) in [5.74, 6) is 0.828. The van der Waals surface area contributed by atoms with E-state index in [-0.39, 0.29) is 0 Å². The maximum absolute atomic E-state index is 3.60. The van der Waals surface area contributed by atoms with E-state index in [1.54, 1.807) is 0 Å². The summed E-state index contributed by atoms with van der Waals surface area (Å²) >= 11 is 0. The van der Waals surface area contributed by atoms with Gasteiger partial charge in [0.2, 0.25) is 0 Å². The van der Waals surface area contributed by atoms with Crippen LogP contribution < -0.4 is 5.32 Å². The Morgan fingerprint density at radius 2 is 1.53 bits per heavy atom. The van der Waals surface area contributed by atoms with Crippen molar-refractivity contribution in [3.05, 3.63) is 0 Å². The SMILES string of the molecule is CCCCCCCC(C)NCCC(C)C. The van der Waals surface area contributed by atoms with Crippen LogP contribution in [0.25, 0.3) is 0 Å². The lowest BCUT2D eigenvalue weighted by atomic mass is 10.1. The van der Waals surface area contributed by atoms with Gasteiger partial charge >= 0.3 is 0 Å². The number of unbranched alkanes of at least 4 members (excludes halogenated alkanes) is 4. The summed E-state index contributed by atoms with van der Waals surface area (Å²) in [5, 5.41) is 3.60. The zero-order valence-electron chi connectivity index (χ0n) is 11.3. The van der Waals surface area contributed by atoms with Gasteiger partial charge in [-0.05, 0) is 32.2 Å². The van der Waals surface area contributed by atoms with Crippen LogP contribution >= 0.6 is 0 Å². The van der Waals surface area contributed by atoms with Crippen molar-refractivity contribution in [1.29, 1.82) is 0 Å². The fraction of sp³-hybridized carbons (Fsp3) is 1.00. The van der Waals surface area contributed by atoms with Crippen molar-refractivity contribution < 1.29 is 0 Å². The molecule has 0 rings (SSSR count). The molecule has 0 aliphatic heterocycles. The molecule has 1 heteroatoms. The molecule has 1 N–H and O–H groups in total. The summed E-state index contributed by atoms with van der Waals surface area (Å²) in [4.78, 5) is 0. The maximum atomic E-state index is 3.60. The second-order valence-corrected chi connectivity index (χ2v) is 5.24. The molecule has 92 valence electrons. The lowest BCUT2D eigenvalue weighted by molar-refractivity contribution is 0.451. The van der Waals surface area contributed by atoms with E-state index < -0.39 is 0 Å². The van der Waals surface area contributed by atoms with E-state index in [4.69, 9.17) is 0 Å². The lowest BCUT2D eigenvalue weighted by Gasteiger charge is -2.14. The van der Waals surface area contributed by atoms with Crippen molar-refractivity contribution in [3.63, 3.8) is 0 Å². The van der Waals surface area contributed by atoms with Crippen LogP contribution in [0, 0.1) is 5.92 Å². The molecule has 0 saturated carbocycles. The predicted molar refractivity (Wildman–Crippen MR) is 70.3 cm³/mol. The molecule has 0 aromatic carbocycles. The fourth-order valence-electron chi connectivity index (χ4n) is 1.77. The molecule has 0 aromatic heterocycles. The highest BCUT2D eigenvalue weighted by Crippen LogP contribution is 2.07. The molecule has 0 fully saturated rings. The highest BCUT2D eigenvalue weighted by molar-refractivity contribution is 4.61. The van der Waals surface area contributed by atoms with E-state index in [1.165, 1.54) is 51.5 Å². The summed E-state index contributed by atoms with van der Waals surface area (Å²) in [7, 11) is 0. The molecule has 0 aromatic rings. The lowest BCUT2D eigenvalue weighted by Crippen LogP contribution is -2.27. The van der Waals surface area contributed by atoms with Crippen LogP contribution in [0.2, 0.25) is 0 Å². The van der Waals surface area contributed by atoms with Crippen molar-refractivity contribution in [2.45, 2.75) is 78.7 Å². The Balaban J connectivity index is 3.15. The second-order valence-electron chi connectivity index (χ2n) is 5.24. The van der Waals surface area contributed by atoms with Crippen molar-refractivity contribution in [3.8, 4) is 0 Å². The monoisotopic (exact) mass is 213 g/mol. The van der Waals surface area contributed by atoms with Crippen LogP contribution in [0.3, 0.4) is 0 Å². The molecule has 1 atom stereocenters. The van der Waals surface area contributed by atoms with Gasteiger partial charge in [0.1, 0.15) is 0 Å². The van der Waals surface area contributed by atoms with Crippen LogP contribution in [0.15, 0.2) is 0 Å². The summed E-state index contributed by atoms with van der Waals surface area (Å²) in [5.41, 5.74) is 0. The largest absolute Gasteiger partial charge is 0.314 e. The molecule has 0 aliphatic rings. The van der Waals surface area contributed by atoms with Gasteiger partial charge in [0, 0.05) is 6.04 Å². The third-order valence-electron chi connectivity index (χ3n) is 2.96. The van der Waals surface area contributed by atoms with Gasteiger partial charge in [-0.25, -0.2) is 0 Å². The number of nitrogens with one attached hydrogen (secondary N) is 1. The average molecular weight is 213 g/mol. The Morgan fingerprint density at radius 1 is 0.867 bits per heavy atom. The van der Waals surface area contributed by atoms with Gasteiger partial charge in [0.05, 0.1) is 0 Å². The molecule has 0 bridgehead atoms. The standard InChI is InChI=1S/C14H31N/c1-5-6-7-8-9-10-14(4)15-12-11-13(2)3/h13-15H,5-12H2,1-4H3. The Morgan fingerprint density at radius 3 is 2.13 bits per heavy atom. The van der Waals surface area contributed by atoms with Crippen LogP contribution in [-0.4, -0.2) is 12.6 Å². The van der Waals surface area contributed by atoms with Crippen LogP contribution in [-0.2, 0) is 0 Å². The normalized spacial score (nSPS) is 13.4. The molecule has 0 aliphatic carbocycles. The maximum Gasteiger partial charge on any atom is 0.00387 e. The van der Waals surface area contributed by atoms with Crippen molar-refractivity contribution >= 4 is 0 Å². The second kappa shape index (κ2) is 10.5. The van der Waals surface area contributed by atoms with E-state index in [0.29, 0.717) is 6.04 Å². The molecule has 0 heterocycles. The number of hydrogen-bond acceptors (Lipinski definition) is 1. The first kappa shape index (κ1) is 15.0. The Bertz CT molecular complexity index is 121. The Hall–Kier alpha value is -0.0400. The third-order valence-corrected chi connectivity index (χ3v) is 2.96. The van der Waals surface area contributed by atoms with E-state index in [9.17, 15) is 0 Å². The molecule has 15 heavy (non-hydrogen) atoms. The highest BCUT2D eigenvalue weighted by atomic mass is 14.9. The number of rotatable bonds is 10. The van der Waals surface area contributed by atoms with Crippen LogP contribution in [0.4, 0.5) is 0 Å². The van der Waals surface area contributed by atoms with Gasteiger partial charge in [-0.3, -0.25) is 0 Å². The molecular formula is C14H31N. The summed E-state index contributed by atoms with van der Waals surface area (Å²) in [6.45, 7) is 10.4. The van der Waals surface area contributed by atoms with Crippen LogP contribution in [0.5, 0.6) is 0 Å². The van der Waals surface area contributed by atoms with Crippen molar-refractivity contribution in [1.82, 2.24) is 5.32 Å². The van der Waals surface area contributed by atoms with Crippen molar-refractivity contribution in [2.75, 3.05) is 6.54 Å². The molecule has 0 saturated heterocycles. The van der Waals surface area contributed by atoms with Gasteiger partial charge in [-0.15, -0.1) is 0 Å². The first-order valence-electron chi connectivity index (χ1n) is 6.90. The van der Waals surface area contributed by atoms with Crippen molar-refractivity contribution in [2.24, 2.45) is 5.92 Å². The smallest absolute Gasteiger partial charge is 0.00387 e. The topological polar surface area (TPSA) is 12.0 Å². The van der Waals surface area contributed by atoms with Gasteiger partial charge in [-0.2, -0.15) is 0 Å². The Labute approximate surface area is 97.0 Å². The zero-order chi connectivity index (χ0) is 11.5. The molecule has 1 unspecified atom stereocenters. The van der Waals surface area contributed by atoms with Gasteiger partial charge in [0.25, 0.3) is 0 Å². The zero-order valence-corrected chi connectivity index (χ0v) is 11.3. The summed E-state index contributed by atoms with van der Waals surface area (Å²) in [6, 6.07) is 0.713. The molecule has 0 spiro atoms. The summed E-state index contributed by atoms with van der Waals surface area (Å²) in [6.07, 6.45) is 9.66. The predicted octanol–water partition coefficient (Wildman–Crippen LogP) is 4.37. The van der Waals surface area contributed by atoms with Gasteiger partial charge in [0.15, 0.2) is 0 Å². The molecule has 0 radical (unpaired) electrons. The average Bonchev–Trinajstić information content (AvgIpc) is 2.17. The third kappa shape index (κ3) is 11.9. The quantitative estimate of drug-likeness (QED) is 0.531. The van der Waals surface area contributed by atoms with E-state index >= 15 is 0 Å². The molecule has 1 nitrogen and oxygen atoms in total. The van der Waals surface area contributed by atoms with Gasteiger partial charge in [-0.1, -0.05) is 52.9 Å². The van der Waals surface area contributed by atoms with E-state index in [2.05, 4.69) is 33.0 Å². The minimum absolute atomic E-state index is 0.713. The first-order chi connectivity index (χ1) is 7.16. The minimum Gasteiger partial charge on any atom is -0.314 e. The van der Waals surface area contributed by atoms with E-state index in [0.717, 1.165) is 5.92 Å². The first-order valence-corrected chi connectivity index (χ1v) is 6.90. The molecule has 0 amide bonds. The Kier molecular flexibility index (Phi) is 10.4. The minimum atomic E-state index is 0.713. The summed E-state index contributed by atoms with van der Waals surface area (Å²) < 4.78 is 0.